The van der Waals surface area contributed by atoms with E-state index in [9.17, 15) is 9.18 Å². The summed E-state index contributed by atoms with van der Waals surface area (Å²) in [5.41, 5.74) is 0.810. The minimum absolute atomic E-state index is 0.161. The molecular formula is C18H15FN2O3. The summed E-state index contributed by atoms with van der Waals surface area (Å²) in [6.45, 7) is 0.685. The van der Waals surface area contributed by atoms with Crippen molar-refractivity contribution in [3.63, 3.8) is 0 Å². The summed E-state index contributed by atoms with van der Waals surface area (Å²) in [4.78, 5) is 12.0. The average Bonchev–Trinajstić information content (AvgIpc) is 3.10. The van der Waals surface area contributed by atoms with Crippen LogP contribution in [0.4, 0.5) is 4.39 Å². The number of benzene rings is 2. The first-order valence-corrected chi connectivity index (χ1v) is 7.41. The van der Waals surface area contributed by atoms with Gasteiger partial charge in [-0.2, -0.15) is 0 Å². The van der Waals surface area contributed by atoms with Gasteiger partial charge >= 0.3 is 0 Å². The SMILES string of the molecule is O=C(NCCOc1ccccc1)c1cc(-c2ccc(F)cc2)on1. The van der Waals surface area contributed by atoms with Crippen molar-refractivity contribution >= 4 is 5.91 Å². The smallest absolute Gasteiger partial charge is 0.273 e. The molecule has 0 saturated heterocycles. The largest absolute Gasteiger partial charge is 0.492 e. The molecule has 1 heterocycles. The number of amides is 1. The van der Waals surface area contributed by atoms with Gasteiger partial charge in [0, 0.05) is 11.6 Å². The lowest BCUT2D eigenvalue weighted by Gasteiger charge is -2.06. The normalized spacial score (nSPS) is 10.4. The molecule has 0 aliphatic rings. The molecule has 0 atom stereocenters. The van der Waals surface area contributed by atoms with Crippen molar-refractivity contribution in [2.24, 2.45) is 0 Å². The number of para-hydroxylation sites is 1. The van der Waals surface area contributed by atoms with E-state index in [0.29, 0.717) is 24.5 Å². The molecule has 0 spiro atoms. The maximum absolute atomic E-state index is 12.9. The van der Waals surface area contributed by atoms with Crippen LogP contribution in [0.15, 0.2) is 65.2 Å². The van der Waals surface area contributed by atoms with Crippen LogP contribution in [0.5, 0.6) is 5.75 Å². The van der Waals surface area contributed by atoms with Gasteiger partial charge in [0.15, 0.2) is 11.5 Å². The van der Waals surface area contributed by atoms with Crippen molar-refractivity contribution < 1.29 is 18.4 Å². The lowest BCUT2D eigenvalue weighted by molar-refractivity contribution is 0.0938. The van der Waals surface area contributed by atoms with E-state index in [4.69, 9.17) is 9.26 Å². The topological polar surface area (TPSA) is 64.4 Å². The molecule has 6 heteroatoms. The Hall–Kier alpha value is -3.15. The van der Waals surface area contributed by atoms with Crippen LogP contribution in [-0.4, -0.2) is 24.2 Å². The number of rotatable bonds is 6. The first kappa shape index (κ1) is 15.7. The highest BCUT2D eigenvalue weighted by Gasteiger charge is 2.13. The molecule has 2 aromatic carbocycles. The average molecular weight is 326 g/mol. The zero-order valence-corrected chi connectivity index (χ0v) is 12.7. The molecule has 0 saturated carbocycles. The third kappa shape index (κ3) is 3.98. The second-order valence-electron chi connectivity index (χ2n) is 5.00. The standard InChI is InChI=1S/C18H15FN2O3/c19-14-8-6-13(7-9-14)17-12-16(21-24-17)18(22)20-10-11-23-15-4-2-1-3-5-15/h1-9,12H,10-11H2,(H,20,22). The predicted molar refractivity (Wildman–Crippen MR) is 86.2 cm³/mol. The Labute approximate surface area is 138 Å². The molecular weight excluding hydrogens is 311 g/mol. The van der Waals surface area contributed by atoms with Crippen molar-refractivity contribution in [2.75, 3.05) is 13.2 Å². The van der Waals surface area contributed by atoms with Crippen molar-refractivity contribution in [3.05, 3.63) is 72.2 Å². The highest BCUT2D eigenvalue weighted by molar-refractivity contribution is 5.93. The van der Waals surface area contributed by atoms with Gasteiger partial charge in [0.1, 0.15) is 18.2 Å². The summed E-state index contributed by atoms with van der Waals surface area (Å²) in [5.74, 6) is 0.450. The number of nitrogens with one attached hydrogen (secondary N) is 1. The zero-order valence-electron chi connectivity index (χ0n) is 12.7. The van der Waals surface area contributed by atoms with Gasteiger partial charge in [-0.3, -0.25) is 4.79 Å². The van der Waals surface area contributed by atoms with Gasteiger partial charge in [0.2, 0.25) is 0 Å². The lowest BCUT2D eigenvalue weighted by atomic mass is 10.1. The minimum Gasteiger partial charge on any atom is -0.492 e. The number of halogens is 1. The van der Waals surface area contributed by atoms with Crippen LogP contribution in [0.25, 0.3) is 11.3 Å². The molecule has 0 aliphatic carbocycles. The maximum atomic E-state index is 12.9. The van der Waals surface area contributed by atoms with E-state index in [1.54, 1.807) is 12.1 Å². The Morgan fingerprint density at radius 2 is 1.88 bits per heavy atom. The molecule has 24 heavy (non-hydrogen) atoms. The minimum atomic E-state index is -0.358. The lowest BCUT2D eigenvalue weighted by Crippen LogP contribution is -2.28. The van der Waals surface area contributed by atoms with Crippen LogP contribution in [-0.2, 0) is 0 Å². The molecule has 1 amide bonds. The summed E-state index contributed by atoms with van der Waals surface area (Å²) >= 11 is 0. The van der Waals surface area contributed by atoms with E-state index in [2.05, 4.69) is 10.5 Å². The van der Waals surface area contributed by atoms with Gasteiger partial charge in [0.25, 0.3) is 5.91 Å². The quantitative estimate of drug-likeness (QED) is 0.706. The van der Waals surface area contributed by atoms with Crippen LogP contribution >= 0.6 is 0 Å². The van der Waals surface area contributed by atoms with Crippen LogP contribution in [0.1, 0.15) is 10.5 Å². The summed E-state index contributed by atoms with van der Waals surface area (Å²) in [7, 11) is 0. The predicted octanol–water partition coefficient (Wildman–Crippen LogP) is 3.29. The number of aromatic nitrogens is 1. The van der Waals surface area contributed by atoms with E-state index >= 15 is 0 Å². The van der Waals surface area contributed by atoms with E-state index in [1.807, 2.05) is 30.3 Å². The summed E-state index contributed by atoms with van der Waals surface area (Å²) in [6.07, 6.45) is 0. The van der Waals surface area contributed by atoms with E-state index < -0.39 is 0 Å². The Bertz CT molecular complexity index is 801. The molecule has 1 N–H and O–H groups in total. The number of nitrogens with zero attached hydrogens (tertiary/aromatic N) is 1. The van der Waals surface area contributed by atoms with Crippen molar-refractivity contribution in [3.8, 4) is 17.1 Å². The highest BCUT2D eigenvalue weighted by Crippen LogP contribution is 2.20. The number of ether oxygens (including phenoxy) is 1. The van der Waals surface area contributed by atoms with Gasteiger partial charge in [-0.1, -0.05) is 23.4 Å². The molecule has 0 fully saturated rings. The van der Waals surface area contributed by atoms with Crippen LogP contribution in [0.3, 0.4) is 0 Å². The monoisotopic (exact) mass is 326 g/mol. The van der Waals surface area contributed by atoms with E-state index in [1.165, 1.54) is 18.2 Å². The summed E-state index contributed by atoms with van der Waals surface area (Å²) < 4.78 is 23.5. The highest BCUT2D eigenvalue weighted by atomic mass is 19.1. The fourth-order valence-electron chi connectivity index (χ4n) is 2.07. The molecule has 0 bridgehead atoms. The summed E-state index contributed by atoms with van der Waals surface area (Å²) in [5, 5.41) is 6.43. The zero-order chi connectivity index (χ0) is 16.8. The first-order chi connectivity index (χ1) is 11.7. The molecule has 0 unspecified atom stereocenters. The fourth-order valence-corrected chi connectivity index (χ4v) is 2.07. The van der Waals surface area contributed by atoms with Crippen molar-refractivity contribution in [1.82, 2.24) is 10.5 Å². The number of carbonyl (C=O) groups is 1. The molecule has 0 radical (unpaired) electrons. The van der Waals surface area contributed by atoms with Crippen molar-refractivity contribution in [2.45, 2.75) is 0 Å². The first-order valence-electron chi connectivity index (χ1n) is 7.41. The van der Waals surface area contributed by atoms with Gasteiger partial charge in [-0.05, 0) is 36.4 Å². The van der Waals surface area contributed by atoms with Gasteiger partial charge in [-0.15, -0.1) is 0 Å². The van der Waals surface area contributed by atoms with Crippen LogP contribution in [0.2, 0.25) is 0 Å². The molecule has 122 valence electrons. The van der Waals surface area contributed by atoms with Gasteiger partial charge < -0.3 is 14.6 Å². The third-order valence-corrected chi connectivity index (χ3v) is 3.27. The second kappa shape index (κ2) is 7.41. The molecule has 0 aliphatic heterocycles. The van der Waals surface area contributed by atoms with Gasteiger partial charge in [0.05, 0.1) is 6.54 Å². The molecule has 3 aromatic rings. The fraction of sp³-hybridized carbons (Fsp3) is 0.111. The van der Waals surface area contributed by atoms with E-state index in [-0.39, 0.29) is 17.4 Å². The van der Waals surface area contributed by atoms with Crippen LogP contribution < -0.4 is 10.1 Å². The third-order valence-electron chi connectivity index (χ3n) is 3.27. The Balaban J connectivity index is 1.51. The second-order valence-corrected chi connectivity index (χ2v) is 5.00. The molecule has 5 nitrogen and oxygen atoms in total. The number of hydrogen-bond acceptors (Lipinski definition) is 4. The Morgan fingerprint density at radius 1 is 1.12 bits per heavy atom. The van der Waals surface area contributed by atoms with Crippen LogP contribution in [0, 0.1) is 5.82 Å². The summed E-state index contributed by atoms with van der Waals surface area (Å²) in [6, 6.07) is 16.6. The number of hydrogen-bond donors (Lipinski definition) is 1. The van der Waals surface area contributed by atoms with E-state index in [0.717, 1.165) is 5.75 Å². The van der Waals surface area contributed by atoms with Crippen molar-refractivity contribution in [1.29, 1.82) is 0 Å². The Morgan fingerprint density at radius 3 is 2.62 bits per heavy atom. The molecule has 1 aromatic heterocycles. The number of carbonyl (C=O) groups excluding carboxylic acids is 1. The molecule has 3 rings (SSSR count). The maximum Gasteiger partial charge on any atom is 0.273 e. The van der Waals surface area contributed by atoms with Gasteiger partial charge in [-0.25, -0.2) is 4.39 Å². The Kier molecular flexibility index (Phi) is 4.86.